The maximum absolute atomic E-state index is 12.0. The molecule has 4 aromatic rings. The SMILES string of the molecule is OC(c1c(Br)c(Br)c(Oc2c(Br)c(Br)c(Br)c(Br)c2Br)c(Br)c1Br)c1c(Br)c(Br)c(Oc2c(Br)c(Br)c(Br)c(Br)c2Br)c(Br)c1Br. The Hall–Kier alpha value is 5.08. The van der Waals surface area contributed by atoms with Gasteiger partial charge in [-0.1, -0.05) is 0 Å². The zero-order valence-corrected chi connectivity index (χ0v) is 49.2. The third-order valence-corrected chi connectivity index (χ3v) is 26.3. The molecule has 0 fully saturated rings. The van der Waals surface area contributed by atoms with Crippen molar-refractivity contribution in [2.75, 3.05) is 0 Å². The predicted octanol–water partition coefficient (Wildman–Crippen LogP) is 20.1. The topological polar surface area (TPSA) is 38.7 Å². The molecule has 0 unspecified atom stereocenters. The lowest BCUT2D eigenvalue weighted by Crippen LogP contribution is -2.08. The Morgan fingerprint density at radius 2 is 0.413 bits per heavy atom. The highest BCUT2D eigenvalue weighted by molar-refractivity contribution is 9.17. The molecule has 0 saturated heterocycles. The Morgan fingerprint density at radius 1 is 0.261 bits per heavy atom. The summed E-state index contributed by atoms with van der Waals surface area (Å²) in [5.41, 5.74) is 1.03. The minimum absolute atomic E-state index is 0.449. The number of benzene rings is 4. The molecule has 1 N–H and O–H groups in total. The largest absolute Gasteiger partial charge is 0.452 e. The van der Waals surface area contributed by atoms with Gasteiger partial charge in [-0.15, -0.1) is 0 Å². The van der Waals surface area contributed by atoms with E-state index in [4.69, 9.17) is 9.47 Å². The standard InChI is InChI=1S/C25H2Br18O3/c26-3-1(4(27)14(37)22(13(3)36)45-24-17(40)9(32)7(30)10(33)18(24)41)21(44)2-5(28)15(38)23(16(39)6(2)29)46-25-19(42)11(34)8(31)12(35)20(25)43/h21,44H. The Labute approximate surface area is 414 Å². The van der Waals surface area contributed by atoms with Gasteiger partial charge in [0.05, 0.1) is 53.7 Å². The lowest BCUT2D eigenvalue weighted by molar-refractivity contribution is 0.216. The van der Waals surface area contributed by atoms with E-state index < -0.39 is 6.10 Å². The van der Waals surface area contributed by atoms with Gasteiger partial charge in [-0.25, -0.2) is 0 Å². The first-order chi connectivity index (χ1) is 21.3. The van der Waals surface area contributed by atoms with Crippen LogP contribution in [-0.2, 0) is 0 Å². The fraction of sp³-hybridized carbons (Fsp3) is 0.0400. The maximum atomic E-state index is 12.0. The number of rotatable bonds is 6. The average molecular weight is 1790 g/mol. The van der Waals surface area contributed by atoms with Crippen LogP contribution in [0.2, 0.25) is 0 Å². The third kappa shape index (κ3) is 8.28. The van der Waals surface area contributed by atoms with Crippen LogP contribution in [0.3, 0.4) is 0 Å². The molecule has 0 aliphatic heterocycles. The van der Waals surface area contributed by atoms with Gasteiger partial charge in [0.25, 0.3) is 0 Å². The van der Waals surface area contributed by atoms with Gasteiger partial charge in [0.1, 0.15) is 6.10 Å². The molecular weight excluding hydrogens is 1790 g/mol. The van der Waals surface area contributed by atoms with Gasteiger partial charge in [-0.3, -0.25) is 0 Å². The third-order valence-electron chi connectivity index (χ3n) is 5.81. The first kappa shape index (κ1) is 43.8. The van der Waals surface area contributed by atoms with Crippen LogP contribution < -0.4 is 9.47 Å². The Bertz CT molecular complexity index is 1710. The van der Waals surface area contributed by atoms with Crippen LogP contribution in [-0.4, -0.2) is 5.11 Å². The molecule has 4 rings (SSSR count). The van der Waals surface area contributed by atoms with E-state index in [-0.39, 0.29) is 0 Å². The van der Waals surface area contributed by atoms with E-state index in [1.54, 1.807) is 0 Å². The van der Waals surface area contributed by atoms with Gasteiger partial charge in [0.2, 0.25) is 0 Å². The zero-order valence-electron chi connectivity index (χ0n) is 20.6. The van der Waals surface area contributed by atoms with Crippen molar-refractivity contribution in [3.8, 4) is 23.0 Å². The summed E-state index contributed by atoms with van der Waals surface area (Å²) in [6.07, 6.45) is -1.17. The number of aliphatic hydroxyl groups excluding tert-OH is 1. The second-order valence-electron chi connectivity index (χ2n) is 8.40. The van der Waals surface area contributed by atoms with Crippen molar-refractivity contribution in [1.29, 1.82) is 0 Å². The summed E-state index contributed by atoms with van der Waals surface area (Å²) in [5.74, 6) is 1.91. The monoisotopic (exact) mass is 1770 g/mol. The first-order valence-electron chi connectivity index (χ1n) is 11.1. The normalized spacial score (nSPS) is 11.6. The van der Waals surface area contributed by atoms with E-state index in [0.29, 0.717) is 87.8 Å². The quantitative estimate of drug-likeness (QED) is 0.154. The fourth-order valence-corrected chi connectivity index (χ4v) is 15.4. The molecule has 4 aromatic carbocycles. The summed E-state index contributed by atoms with van der Waals surface area (Å²) in [5, 5.41) is 12.0. The molecule has 0 atom stereocenters. The van der Waals surface area contributed by atoms with E-state index in [9.17, 15) is 5.11 Å². The van der Waals surface area contributed by atoms with E-state index in [0.717, 1.165) is 26.8 Å². The van der Waals surface area contributed by atoms with Gasteiger partial charge in [0.15, 0.2) is 23.0 Å². The first-order valence-corrected chi connectivity index (χ1v) is 25.3. The molecule has 0 aromatic heterocycles. The Morgan fingerprint density at radius 3 is 0.609 bits per heavy atom. The van der Waals surface area contributed by atoms with Crippen LogP contribution in [0.5, 0.6) is 23.0 Å². The minimum atomic E-state index is -1.17. The summed E-state index contributed by atoms with van der Waals surface area (Å²) in [7, 11) is 0. The van der Waals surface area contributed by atoms with Crippen molar-refractivity contribution in [2.45, 2.75) is 6.10 Å². The summed E-state index contributed by atoms with van der Waals surface area (Å²) in [6.45, 7) is 0. The molecule has 0 heterocycles. The molecule has 0 aliphatic rings. The van der Waals surface area contributed by atoms with Crippen LogP contribution in [0.4, 0.5) is 0 Å². The predicted molar refractivity (Wildman–Crippen MR) is 249 cm³/mol. The van der Waals surface area contributed by atoms with E-state index in [1.807, 2.05) is 0 Å². The molecule has 0 spiro atoms. The van der Waals surface area contributed by atoms with Crippen LogP contribution in [0, 0.1) is 0 Å². The highest BCUT2D eigenvalue weighted by Crippen LogP contribution is 2.58. The molecule has 0 aliphatic carbocycles. The Kier molecular flexibility index (Phi) is 17.1. The number of aliphatic hydroxyl groups is 1. The van der Waals surface area contributed by atoms with E-state index >= 15 is 0 Å². The van der Waals surface area contributed by atoms with Crippen molar-refractivity contribution in [3.05, 3.63) is 91.6 Å². The van der Waals surface area contributed by atoms with E-state index in [1.165, 1.54) is 0 Å². The van der Waals surface area contributed by atoms with Gasteiger partial charge >= 0.3 is 0 Å². The highest BCUT2D eigenvalue weighted by atomic mass is 79.9. The molecule has 0 amide bonds. The zero-order chi connectivity index (χ0) is 34.8. The number of ether oxygens (including phenoxy) is 2. The van der Waals surface area contributed by atoms with E-state index in [2.05, 4.69) is 287 Å². The fourth-order valence-electron chi connectivity index (χ4n) is 3.61. The summed E-state index contributed by atoms with van der Waals surface area (Å²) in [4.78, 5) is 0. The van der Waals surface area contributed by atoms with Crippen LogP contribution in [0.25, 0.3) is 0 Å². The minimum Gasteiger partial charge on any atom is -0.452 e. The van der Waals surface area contributed by atoms with Crippen LogP contribution >= 0.6 is 287 Å². The molecule has 0 bridgehead atoms. The lowest BCUT2D eigenvalue weighted by atomic mass is 10.0. The highest BCUT2D eigenvalue weighted by Gasteiger charge is 2.33. The van der Waals surface area contributed by atoms with Crippen LogP contribution in [0.1, 0.15) is 17.2 Å². The van der Waals surface area contributed by atoms with Crippen molar-refractivity contribution >= 4 is 287 Å². The average Bonchev–Trinajstić information content (AvgIpc) is 3.02. The van der Waals surface area contributed by atoms with Crippen molar-refractivity contribution in [2.24, 2.45) is 0 Å². The van der Waals surface area contributed by atoms with Crippen LogP contribution in [0.15, 0.2) is 80.5 Å². The summed E-state index contributed by atoms with van der Waals surface area (Å²) in [6, 6.07) is 0. The molecule has 3 nitrogen and oxygen atoms in total. The second-order valence-corrected chi connectivity index (χ2v) is 22.7. The smallest absolute Gasteiger partial charge is 0.158 e. The van der Waals surface area contributed by atoms with Crippen molar-refractivity contribution in [3.63, 3.8) is 0 Å². The van der Waals surface area contributed by atoms with Gasteiger partial charge < -0.3 is 14.6 Å². The summed E-state index contributed by atoms with van der Waals surface area (Å²) < 4.78 is 24.7. The summed E-state index contributed by atoms with van der Waals surface area (Å²) >= 11 is 65.4. The molecular formula is C25H2Br18O3. The number of halogens is 18. The molecule has 46 heavy (non-hydrogen) atoms. The molecule has 0 radical (unpaired) electrons. The van der Waals surface area contributed by atoms with Crippen molar-refractivity contribution in [1.82, 2.24) is 0 Å². The maximum Gasteiger partial charge on any atom is 0.158 e. The molecule has 246 valence electrons. The lowest BCUT2D eigenvalue weighted by Gasteiger charge is -2.25. The molecule has 0 saturated carbocycles. The molecule has 21 heteroatoms. The Balaban J connectivity index is 1.86. The van der Waals surface area contributed by atoms with Gasteiger partial charge in [-0.2, -0.15) is 0 Å². The number of hydrogen-bond donors (Lipinski definition) is 1. The van der Waals surface area contributed by atoms with Gasteiger partial charge in [0, 0.05) is 38.0 Å². The van der Waals surface area contributed by atoms with Crippen molar-refractivity contribution < 1.29 is 14.6 Å². The van der Waals surface area contributed by atoms with Gasteiger partial charge in [-0.05, 0) is 287 Å². The second kappa shape index (κ2) is 17.9. The number of hydrogen-bond acceptors (Lipinski definition) is 3.